The number of hydrogen-bond donors (Lipinski definition) is 1. The highest BCUT2D eigenvalue weighted by Crippen LogP contribution is 2.04. The standard InChI is InChI=1S/C8H18N2O/c1-5-6(2)10(4)7(3)8(9)11/h6-7H,5H2,1-4H3,(H2,9,11). The van der Waals surface area contributed by atoms with Gasteiger partial charge in [-0.3, -0.25) is 9.69 Å². The van der Waals surface area contributed by atoms with Crippen molar-refractivity contribution in [3.05, 3.63) is 0 Å². The SMILES string of the molecule is CCC(C)N(C)C(C)C(N)=O. The molecule has 0 rings (SSSR count). The summed E-state index contributed by atoms with van der Waals surface area (Å²) in [6, 6.07) is 0.252. The van der Waals surface area contributed by atoms with E-state index in [0.29, 0.717) is 6.04 Å². The second-order valence-corrected chi connectivity index (χ2v) is 3.00. The fourth-order valence-corrected chi connectivity index (χ4v) is 0.870. The van der Waals surface area contributed by atoms with E-state index in [1.165, 1.54) is 0 Å². The fourth-order valence-electron chi connectivity index (χ4n) is 0.870. The van der Waals surface area contributed by atoms with Crippen LogP contribution in [-0.4, -0.2) is 29.9 Å². The average molecular weight is 158 g/mol. The highest BCUT2D eigenvalue weighted by atomic mass is 16.1. The highest BCUT2D eigenvalue weighted by Gasteiger charge is 2.18. The van der Waals surface area contributed by atoms with Crippen LogP contribution in [0.2, 0.25) is 0 Å². The zero-order chi connectivity index (χ0) is 9.02. The molecule has 0 aromatic carbocycles. The lowest BCUT2D eigenvalue weighted by atomic mass is 10.2. The number of hydrogen-bond acceptors (Lipinski definition) is 2. The lowest BCUT2D eigenvalue weighted by Gasteiger charge is -2.27. The minimum atomic E-state index is -0.257. The average Bonchev–Trinajstić information content (AvgIpc) is 2.00. The Kier molecular flexibility index (Phi) is 4.11. The van der Waals surface area contributed by atoms with Gasteiger partial charge in [-0.2, -0.15) is 0 Å². The van der Waals surface area contributed by atoms with Crippen molar-refractivity contribution in [3.8, 4) is 0 Å². The molecule has 0 saturated carbocycles. The van der Waals surface area contributed by atoms with Crippen LogP contribution in [0.4, 0.5) is 0 Å². The van der Waals surface area contributed by atoms with E-state index >= 15 is 0 Å². The molecule has 0 fully saturated rings. The monoisotopic (exact) mass is 158 g/mol. The predicted octanol–water partition coefficient (Wildman–Crippen LogP) is 0.591. The third-order valence-corrected chi connectivity index (χ3v) is 2.31. The van der Waals surface area contributed by atoms with E-state index in [4.69, 9.17) is 5.73 Å². The zero-order valence-electron chi connectivity index (χ0n) is 7.79. The molecular formula is C8H18N2O. The molecule has 0 aliphatic rings. The summed E-state index contributed by atoms with van der Waals surface area (Å²) >= 11 is 0. The van der Waals surface area contributed by atoms with Gasteiger partial charge in [0.15, 0.2) is 0 Å². The van der Waals surface area contributed by atoms with Crippen LogP contribution in [0.25, 0.3) is 0 Å². The topological polar surface area (TPSA) is 46.3 Å². The number of nitrogens with two attached hydrogens (primary N) is 1. The summed E-state index contributed by atoms with van der Waals surface area (Å²) in [6.45, 7) is 6.00. The molecule has 2 N–H and O–H groups in total. The van der Waals surface area contributed by atoms with Gasteiger partial charge in [-0.25, -0.2) is 0 Å². The first-order chi connectivity index (χ1) is 5.00. The van der Waals surface area contributed by atoms with Crippen LogP contribution in [0.15, 0.2) is 0 Å². The van der Waals surface area contributed by atoms with Crippen LogP contribution in [-0.2, 0) is 4.79 Å². The molecule has 1 amide bonds. The smallest absolute Gasteiger partial charge is 0.234 e. The van der Waals surface area contributed by atoms with Crippen LogP contribution >= 0.6 is 0 Å². The summed E-state index contributed by atoms with van der Waals surface area (Å²) in [5.74, 6) is -0.257. The molecule has 0 spiro atoms. The number of amides is 1. The molecule has 0 radical (unpaired) electrons. The Balaban J connectivity index is 4.00. The molecule has 0 aromatic rings. The van der Waals surface area contributed by atoms with E-state index in [0.717, 1.165) is 6.42 Å². The van der Waals surface area contributed by atoms with Gasteiger partial charge in [0.25, 0.3) is 0 Å². The quantitative estimate of drug-likeness (QED) is 0.651. The molecule has 0 aromatic heterocycles. The number of rotatable bonds is 4. The Morgan fingerprint density at radius 2 is 2.00 bits per heavy atom. The van der Waals surface area contributed by atoms with Gasteiger partial charge in [-0.1, -0.05) is 6.92 Å². The van der Waals surface area contributed by atoms with Crippen molar-refractivity contribution in [2.24, 2.45) is 5.73 Å². The van der Waals surface area contributed by atoms with Gasteiger partial charge in [0.2, 0.25) is 5.91 Å². The molecule has 11 heavy (non-hydrogen) atoms. The van der Waals surface area contributed by atoms with Crippen molar-refractivity contribution in [3.63, 3.8) is 0 Å². The molecule has 2 unspecified atom stereocenters. The van der Waals surface area contributed by atoms with Gasteiger partial charge >= 0.3 is 0 Å². The lowest BCUT2D eigenvalue weighted by Crippen LogP contribution is -2.44. The van der Waals surface area contributed by atoms with E-state index in [1.807, 2.05) is 18.9 Å². The largest absolute Gasteiger partial charge is 0.368 e. The van der Waals surface area contributed by atoms with Crippen molar-refractivity contribution < 1.29 is 4.79 Å². The number of primary amides is 1. The minimum absolute atomic E-state index is 0.162. The van der Waals surface area contributed by atoms with E-state index in [1.54, 1.807) is 0 Å². The first-order valence-electron chi connectivity index (χ1n) is 4.02. The van der Waals surface area contributed by atoms with Crippen molar-refractivity contribution in [1.82, 2.24) is 4.90 Å². The molecule has 0 saturated heterocycles. The summed E-state index contributed by atoms with van der Waals surface area (Å²) in [5, 5.41) is 0. The number of likely N-dealkylation sites (N-methyl/N-ethyl adjacent to an activating group) is 1. The highest BCUT2D eigenvalue weighted by molar-refractivity contribution is 5.79. The molecule has 3 heteroatoms. The Bertz CT molecular complexity index is 136. The van der Waals surface area contributed by atoms with Gasteiger partial charge in [0.1, 0.15) is 0 Å². The van der Waals surface area contributed by atoms with Crippen LogP contribution in [0.5, 0.6) is 0 Å². The van der Waals surface area contributed by atoms with Crippen LogP contribution < -0.4 is 5.73 Å². The van der Waals surface area contributed by atoms with Gasteiger partial charge in [0.05, 0.1) is 6.04 Å². The fraction of sp³-hybridized carbons (Fsp3) is 0.875. The van der Waals surface area contributed by atoms with Gasteiger partial charge in [0, 0.05) is 6.04 Å². The van der Waals surface area contributed by atoms with E-state index in [-0.39, 0.29) is 11.9 Å². The number of carbonyl (C=O) groups is 1. The van der Waals surface area contributed by atoms with Gasteiger partial charge < -0.3 is 5.73 Å². The summed E-state index contributed by atoms with van der Waals surface area (Å²) < 4.78 is 0. The summed E-state index contributed by atoms with van der Waals surface area (Å²) in [5.41, 5.74) is 5.15. The molecule has 0 heterocycles. The van der Waals surface area contributed by atoms with Gasteiger partial charge in [-0.05, 0) is 27.3 Å². The third-order valence-electron chi connectivity index (χ3n) is 2.31. The van der Waals surface area contributed by atoms with Gasteiger partial charge in [-0.15, -0.1) is 0 Å². The maximum absolute atomic E-state index is 10.7. The first-order valence-corrected chi connectivity index (χ1v) is 4.02. The zero-order valence-corrected chi connectivity index (χ0v) is 7.79. The summed E-state index contributed by atoms with van der Waals surface area (Å²) in [6.07, 6.45) is 1.04. The third kappa shape index (κ3) is 2.89. The van der Waals surface area contributed by atoms with Crippen LogP contribution in [0.1, 0.15) is 27.2 Å². The summed E-state index contributed by atoms with van der Waals surface area (Å²) in [7, 11) is 1.92. The predicted molar refractivity (Wildman–Crippen MR) is 46.2 cm³/mol. The Morgan fingerprint density at radius 1 is 1.55 bits per heavy atom. The molecular weight excluding hydrogens is 140 g/mol. The number of nitrogens with zero attached hydrogens (tertiary/aromatic N) is 1. The second-order valence-electron chi connectivity index (χ2n) is 3.00. The molecule has 66 valence electrons. The van der Waals surface area contributed by atoms with Crippen molar-refractivity contribution in [2.45, 2.75) is 39.3 Å². The van der Waals surface area contributed by atoms with E-state index in [9.17, 15) is 4.79 Å². The molecule has 0 bridgehead atoms. The molecule has 2 atom stereocenters. The van der Waals surface area contributed by atoms with Crippen molar-refractivity contribution >= 4 is 5.91 Å². The summed E-state index contributed by atoms with van der Waals surface area (Å²) in [4.78, 5) is 12.7. The molecule has 3 nitrogen and oxygen atoms in total. The van der Waals surface area contributed by atoms with Crippen LogP contribution in [0.3, 0.4) is 0 Å². The van der Waals surface area contributed by atoms with Crippen molar-refractivity contribution in [2.75, 3.05) is 7.05 Å². The van der Waals surface area contributed by atoms with Crippen LogP contribution in [0, 0.1) is 0 Å². The maximum Gasteiger partial charge on any atom is 0.234 e. The van der Waals surface area contributed by atoms with Crippen molar-refractivity contribution in [1.29, 1.82) is 0 Å². The molecule has 0 aliphatic carbocycles. The maximum atomic E-state index is 10.7. The van der Waals surface area contributed by atoms with E-state index in [2.05, 4.69) is 13.8 Å². The number of carbonyl (C=O) groups excluding carboxylic acids is 1. The molecule has 0 aliphatic heterocycles. The Morgan fingerprint density at radius 3 is 2.27 bits per heavy atom. The normalized spacial score (nSPS) is 16.5. The second kappa shape index (κ2) is 4.34. The lowest BCUT2D eigenvalue weighted by molar-refractivity contribution is -0.122. The first kappa shape index (κ1) is 10.4. The minimum Gasteiger partial charge on any atom is -0.368 e. The van der Waals surface area contributed by atoms with E-state index < -0.39 is 0 Å². The Labute approximate surface area is 68.6 Å². The Hall–Kier alpha value is -0.570.